The SMILES string of the molecule is CCNC(=NCc1ccc(C(=O)OCC)cc1)NCC1(C)CCCO1. The third kappa shape index (κ3) is 6.05. The van der Waals surface area contributed by atoms with Gasteiger partial charge in [0.05, 0.1) is 24.3 Å². The number of nitrogens with one attached hydrogen (secondary N) is 2. The average molecular weight is 347 g/mol. The van der Waals surface area contributed by atoms with E-state index in [-0.39, 0.29) is 11.6 Å². The fourth-order valence-corrected chi connectivity index (χ4v) is 2.72. The number of carbonyl (C=O) groups is 1. The van der Waals surface area contributed by atoms with Crippen molar-refractivity contribution in [1.82, 2.24) is 10.6 Å². The van der Waals surface area contributed by atoms with Crippen LogP contribution in [0.3, 0.4) is 0 Å². The minimum absolute atomic E-state index is 0.114. The summed E-state index contributed by atoms with van der Waals surface area (Å²) < 4.78 is 10.8. The van der Waals surface area contributed by atoms with Crippen LogP contribution in [0.15, 0.2) is 29.3 Å². The van der Waals surface area contributed by atoms with E-state index in [9.17, 15) is 4.79 Å². The van der Waals surface area contributed by atoms with Crippen molar-refractivity contribution in [2.45, 2.75) is 45.8 Å². The van der Waals surface area contributed by atoms with Crippen molar-refractivity contribution in [2.24, 2.45) is 4.99 Å². The van der Waals surface area contributed by atoms with E-state index >= 15 is 0 Å². The van der Waals surface area contributed by atoms with E-state index in [0.717, 1.165) is 44.1 Å². The first-order valence-electron chi connectivity index (χ1n) is 8.98. The van der Waals surface area contributed by atoms with Gasteiger partial charge in [0.2, 0.25) is 0 Å². The molecule has 6 heteroatoms. The zero-order valence-corrected chi connectivity index (χ0v) is 15.4. The molecule has 0 saturated carbocycles. The molecule has 25 heavy (non-hydrogen) atoms. The van der Waals surface area contributed by atoms with Crippen LogP contribution >= 0.6 is 0 Å². The molecule has 138 valence electrons. The summed E-state index contributed by atoms with van der Waals surface area (Å²) in [6.45, 7) is 9.25. The van der Waals surface area contributed by atoms with Crippen LogP contribution in [0.5, 0.6) is 0 Å². The molecule has 1 aliphatic heterocycles. The highest BCUT2D eigenvalue weighted by Crippen LogP contribution is 2.23. The molecule has 0 radical (unpaired) electrons. The van der Waals surface area contributed by atoms with Crippen molar-refractivity contribution in [3.05, 3.63) is 35.4 Å². The van der Waals surface area contributed by atoms with Gasteiger partial charge in [0.25, 0.3) is 0 Å². The lowest BCUT2D eigenvalue weighted by atomic mass is 10.0. The quantitative estimate of drug-likeness (QED) is 0.450. The lowest BCUT2D eigenvalue weighted by Crippen LogP contribution is -2.45. The van der Waals surface area contributed by atoms with Crippen LogP contribution < -0.4 is 10.6 Å². The Balaban J connectivity index is 1.92. The highest BCUT2D eigenvalue weighted by atomic mass is 16.5. The van der Waals surface area contributed by atoms with Crippen LogP contribution in [0.25, 0.3) is 0 Å². The molecule has 1 fully saturated rings. The molecule has 1 aromatic rings. The second-order valence-corrected chi connectivity index (χ2v) is 6.37. The standard InChI is InChI=1S/C19H29N3O3/c1-4-20-18(22-14-19(3)11-6-12-25-19)21-13-15-7-9-16(10-8-15)17(23)24-5-2/h7-10H,4-6,11-14H2,1-3H3,(H2,20,21,22). The predicted octanol–water partition coefficient (Wildman–Crippen LogP) is 2.49. The molecule has 1 aromatic carbocycles. The first-order valence-corrected chi connectivity index (χ1v) is 8.98. The topological polar surface area (TPSA) is 72.0 Å². The average Bonchev–Trinajstić information content (AvgIpc) is 3.05. The molecule has 0 aliphatic carbocycles. The Kier molecular flexibility index (Phi) is 7.25. The summed E-state index contributed by atoms with van der Waals surface area (Å²) in [5, 5.41) is 6.61. The van der Waals surface area contributed by atoms with Gasteiger partial charge in [-0.15, -0.1) is 0 Å². The van der Waals surface area contributed by atoms with Crippen LogP contribution in [-0.2, 0) is 16.0 Å². The van der Waals surface area contributed by atoms with Crippen molar-refractivity contribution in [3.8, 4) is 0 Å². The molecule has 1 heterocycles. The van der Waals surface area contributed by atoms with Crippen LogP contribution in [0.1, 0.15) is 49.5 Å². The van der Waals surface area contributed by atoms with E-state index in [4.69, 9.17) is 9.47 Å². The third-order valence-electron chi connectivity index (χ3n) is 4.16. The molecule has 1 atom stereocenters. The normalized spacial score (nSPS) is 20.4. The number of guanidine groups is 1. The molecule has 0 spiro atoms. The Labute approximate surface area is 150 Å². The van der Waals surface area contributed by atoms with Crippen molar-refractivity contribution in [3.63, 3.8) is 0 Å². The van der Waals surface area contributed by atoms with Crippen LogP contribution in [-0.4, -0.2) is 43.8 Å². The molecule has 1 aliphatic rings. The number of nitrogens with zero attached hydrogens (tertiary/aromatic N) is 1. The molecule has 0 amide bonds. The molecule has 6 nitrogen and oxygen atoms in total. The Morgan fingerprint density at radius 2 is 2.04 bits per heavy atom. The number of ether oxygens (including phenoxy) is 2. The van der Waals surface area contributed by atoms with Crippen molar-refractivity contribution < 1.29 is 14.3 Å². The summed E-state index contributed by atoms with van der Waals surface area (Å²) in [5.74, 6) is 0.478. The second-order valence-electron chi connectivity index (χ2n) is 6.37. The first-order chi connectivity index (χ1) is 12.1. The van der Waals surface area contributed by atoms with Gasteiger partial charge in [0, 0.05) is 19.7 Å². The third-order valence-corrected chi connectivity index (χ3v) is 4.16. The lowest BCUT2D eigenvalue weighted by Gasteiger charge is -2.24. The van der Waals surface area contributed by atoms with Gasteiger partial charge < -0.3 is 20.1 Å². The van der Waals surface area contributed by atoms with E-state index in [1.54, 1.807) is 19.1 Å². The van der Waals surface area contributed by atoms with E-state index in [0.29, 0.717) is 18.7 Å². The molecule has 2 N–H and O–H groups in total. The van der Waals surface area contributed by atoms with Gasteiger partial charge in [-0.05, 0) is 51.3 Å². The van der Waals surface area contributed by atoms with E-state index < -0.39 is 0 Å². The lowest BCUT2D eigenvalue weighted by molar-refractivity contribution is 0.0242. The number of benzene rings is 1. The van der Waals surface area contributed by atoms with Gasteiger partial charge in [-0.2, -0.15) is 0 Å². The van der Waals surface area contributed by atoms with E-state index in [1.807, 2.05) is 19.1 Å². The molecular weight excluding hydrogens is 318 g/mol. The smallest absolute Gasteiger partial charge is 0.338 e. The summed E-state index contributed by atoms with van der Waals surface area (Å²) in [5.41, 5.74) is 1.48. The maximum Gasteiger partial charge on any atom is 0.338 e. The zero-order chi connectivity index (χ0) is 18.1. The van der Waals surface area contributed by atoms with Gasteiger partial charge in [-0.25, -0.2) is 9.79 Å². The fourth-order valence-electron chi connectivity index (χ4n) is 2.72. The van der Waals surface area contributed by atoms with Gasteiger partial charge in [0.15, 0.2) is 5.96 Å². The second kappa shape index (κ2) is 9.42. The monoisotopic (exact) mass is 347 g/mol. The molecule has 2 rings (SSSR count). The Bertz CT molecular complexity index is 578. The molecule has 0 bridgehead atoms. The number of carbonyl (C=O) groups excluding carboxylic acids is 1. The maximum absolute atomic E-state index is 11.7. The Morgan fingerprint density at radius 1 is 1.28 bits per heavy atom. The Hall–Kier alpha value is -2.08. The number of rotatable bonds is 7. The van der Waals surface area contributed by atoms with Gasteiger partial charge in [-0.3, -0.25) is 0 Å². The van der Waals surface area contributed by atoms with Gasteiger partial charge in [0.1, 0.15) is 0 Å². The number of hydrogen-bond acceptors (Lipinski definition) is 4. The number of hydrogen-bond donors (Lipinski definition) is 2. The maximum atomic E-state index is 11.7. The van der Waals surface area contributed by atoms with Crippen LogP contribution in [0.2, 0.25) is 0 Å². The molecule has 1 unspecified atom stereocenters. The number of aliphatic imine (C=N–C) groups is 1. The van der Waals surface area contributed by atoms with Gasteiger partial charge >= 0.3 is 5.97 Å². The summed E-state index contributed by atoms with van der Waals surface area (Å²) in [6.07, 6.45) is 2.17. The largest absolute Gasteiger partial charge is 0.462 e. The predicted molar refractivity (Wildman–Crippen MR) is 98.8 cm³/mol. The first kappa shape index (κ1) is 19.2. The zero-order valence-electron chi connectivity index (χ0n) is 15.4. The minimum atomic E-state index is -0.294. The van der Waals surface area contributed by atoms with Crippen molar-refractivity contribution >= 4 is 11.9 Å². The molecular formula is C19H29N3O3. The van der Waals surface area contributed by atoms with Crippen LogP contribution in [0.4, 0.5) is 0 Å². The minimum Gasteiger partial charge on any atom is -0.462 e. The summed E-state index contributed by atoms with van der Waals surface area (Å²) in [6, 6.07) is 7.36. The van der Waals surface area contributed by atoms with E-state index in [2.05, 4.69) is 22.5 Å². The molecule has 0 aromatic heterocycles. The molecule has 1 saturated heterocycles. The fraction of sp³-hybridized carbons (Fsp3) is 0.579. The summed E-state index contributed by atoms with van der Waals surface area (Å²) in [7, 11) is 0. The summed E-state index contributed by atoms with van der Waals surface area (Å²) >= 11 is 0. The van der Waals surface area contributed by atoms with Crippen molar-refractivity contribution in [2.75, 3.05) is 26.3 Å². The van der Waals surface area contributed by atoms with E-state index in [1.165, 1.54) is 0 Å². The Morgan fingerprint density at radius 3 is 2.64 bits per heavy atom. The summed E-state index contributed by atoms with van der Waals surface area (Å²) in [4.78, 5) is 16.3. The van der Waals surface area contributed by atoms with Crippen molar-refractivity contribution in [1.29, 1.82) is 0 Å². The highest BCUT2D eigenvalue weighted by molar-refractivity contribution is 5.89. The number of esters is 1. The van der Waals surface area contributed by atoms with Gasteiger partial charge in [-0.1, -0.05) is 12.1 Å². The van der Waals surface area contributed by atoms with Crippen LogP contribution in [0, 0.1) is 0 Å². The highest BCUT2D eigenvalue weighted by Gasteiger charge is 2.29.